The highest BCUT2D eigenvalue weighted by molar-refractivity contribution is 5.95. The minimum Gasteiger partial charge on any atom is -0.336 e. The molecule has 6 heteroatoms. The van der Waals surface area contributed by atoms with E-state index in [2.05, 4.69) is 15.5 Å². The molecule has 0 aliphatic carbocycles. The fourth-order valence-corrected chi connectivity index (χ4v) is 3.07. The maximum atomic E-state index is 12.5. The number of benzene rings is 2. The second-order valence-corrected chi connectivity index (χ2v) is 6.15. The maximum absolute atomic E-state index is 12.5. The molecule has 2 heterocycles. The van der Waals surface area contributed by atoms with Crippen molar-refractivity contribution in [1.82, 2.24) is 20.4 Å². The van der Waals surface area contributed by atoms with Gasteiger partial charge >= 0.3 is 0 Å². The van der Waals surface area contributed by atoms with E-state index in [0.717, 1.165) is 53.9 Å². The Balaban J connectivity index is 0.00000196. The molecule has 0 unspecified atom stereocenters. The number of carbonyl (C=O) groups is 1. The fourth-order valence-electron chi connectivity index (χ4n) is 3.07. The Hall–Kier alpha value is -2.63. The van der Waals surface area contributed by atoms with Crippen LogP contribution in [0, 0.1) is 0 Å². The van der Waals surface area contributed by atoms with Crippen LogP contribution in [0.15, 0.2) is 48.5 Å². The third-order valence-electron chi connectivity index (χ3n) is 4.50. The topological polar surface area (TPSA) is 61.0 Å². The molecule has 1 fully saturated rings. The molecule has 0 atom stereocenters. The van der Waals surface area contributed by atoms with Crippen molar-refractivity contribution >= 4 is 41.4 Å². The number of hydrogen-bond acceptors (Lipinski definition) is 3. The summed E-state index contributed by atoms with van der Waals surface area (Å²) in [5.74, 6) is 0.107. The van der Waals surface area contributed by atoms with E-state index in [1.54, 1.807) is 0 Å². The molecule has 1 aliphatic rings. The van der Waals surface area contributed by atoms with Crippen molar-refractivity contribution in [2.75, 3.05) is 26.2 Å². The number of aromatic amines is 1. The normalized spacial score (nSPS) is 14.5. The Labute approximate surface area is 158 Å². The van der Waals surface area contributed by atoms with Gasteiger partial charge in [0.1, 0.15) is 0 Å². The van der Waals surface area contributed by atoms with E-state index in [9.17, 15) is 4.79 Å². The van der Waals surface area contributed by atoms with E-state index >= 15 is 0 Å². The first-order valence-electron chi connectivity index (χ1n) is 8.52. The Morgan fingerprint density at radius 1 is 1.00 bits per heavy atom. The van der Waals surface area contributed by atoms with Crippen LogP contribution in [0.4, 0.5) is 0 Å². The molecule has 1 aliphatic heterocycles. The van der Waals surface area contributed by atoms with E-state index in [0.29, 0.717) is 0 Å². The largest absolute Gasteiger partial charge is 0.336 e. The van der Waals surface area contributed by atoms with E-state index in [4.69, 9.17) is 0 Å². The van der Waals surface area contributed by atoms with Crippen LogP contribution in [0.1, 0.15) is 21.6 Å². The fraction of sp³-hybridized carbons (Fsp3) is 0.200. The van der Waals surface area contributed by atoms with Gasteiger partial charge in [0.2, 0.25) is 0 Å². The van der Waals surface area contributed by atoms with Gasteiger partial charge in [-0.1, -0.05) is 36.4 Å². The smallest absolute Gasteiger partial charge is 0.253 e. The zero-order valence-corrected chi connectivity index (χ0v) is 15.1. The average Bonchev–Trinajstić information content (AvgIpc) is 3.10. The second kappa shape index (κ2) is 8.17. The molecule has 2 aromatic carbocycles. The quantitative estimate of drug-likeness (QED) is 0.746. The molecule has 1 saturated heterocycles. The summed E-state index contributed by atoms with van der Waals surface area (Å²) in [5, 5.41) is 11.7. The summed E-state index contributed by atoms with van der Waals surface area (Å²) in [6.07, 6.45) is 4.01. The van der Waals surface area contributed by atoms with Crippen molar-refractivity contribution in [2.24, 2.45) is 0 Å². The van der Waals surface area contributed by atoms with Crippen LogP contribution < -0.4 is 5.32 Å². The zero-order chi connectivity index (χ0) is 17.1. The van der Waals surface area contributed by atoms with Gasteiger partial charge in [-0.15, -0.1) is 12.4 Å². The van der Waals surface area contributed by atoms with Gasteiger partial charge in [0.25, 0.3) is 5.91 Å². The monoisotopic (exact) mass is 368 g/mol. The van der Waals surface area contributed by atoms with E-state index in [1.807, 2.05) is 65.6 Å². The number of H-pyrrole nitrogens is 1. The van der Waals surface area contributed by atoms with Crippen LogP contribution in [-0.2, 0) is 0 Å². The number of halogens is 1. The Morgan fingerprint density at radius 2 is 1.73 bits per heavy atom. The summed E-state index contributed by atoms with van der Waals surface area (Å²) in [6, 6.07) is 15.8. The summed E-state index contributed by atoms with van der Waals surface area (Å²) in [6.45, 7) is 3.27. The van der Waals surface area contributed by atoms with Crippen LogP contribution in [0.5, 0.6) is 0 Å². The third kappa shape index (κ3) is 3.79. The molecular formula is C20H21ClN4O. The third-order valence-corrected chi connectivity index (χ3v) is 4.50. The van der Waals surface area contributed by atoms with Gasteiger partial charge in [-0.2, -0.15) is 5.10 Å². The molecule has 5 nitrogen and oxygen atoms in total. The van der Waals surface area contributed by atoms with Crippen molar-refractivity contribution < 1.29 is 4.79 Å². The average molecular weight is 369 g/mol. The lowest BCUT2D eigenvalue weighted by Gasteiger charge is -2.27. The van der Waals surface area contributed by atoms with Crippen molar-refractivity contribution in [3.8, 4) is 0 Å². The molecule has 0 spiro atoms. The highest BCUT2D eigenvalue weighted by atomic mass is 35.5. The highest BCUT2D eigenvalue weighted by Gasteiger charge is 2.17. The van der Waals surface area contributed by atoms with Gasteiger partial charge in [0.05, 0.1) is 11.2 Å². The summed E-state index contributed by atoms with van der Waals surface area (Å²) in [5.41, 5.74) is 3.73. The molecule has 1 amide bonds. The summed E-state index contributed by atoms with van der Waals surface area (Å²) < 4.78 is 0. The van der Waals surface area contributed by atoms with Gasteiger partial charge < -0.3 is 10.2 Å². The SMILES string of the molecule is Cl.O=C(c1ccc(C=Cc2n[nH]c3ccccc23)cc1)N1CCNCC1. The number of hydrogen-bond donors (Lipinski definition) is 2. The number of fused-ring (bicyclic) bond motifs is 1. The Kier molecular flexibility index (Phi) is 5.71. The summed E-state index contributed by atoms with van der Waals surface area (Å²) >= 11 is 0. The van der Waals surface area contributed by atoms with Crippen LogP contribution in [0.25, 0.3) is 23.1 Å². The molecule has 2 N–H and O–H groups in total. The molecule has 3 aromatic rings. The maximum Gasteiger partial charge on any atom is 0.253 e. The number of rotatable bonds is 3. The number of nitrogens with zero attached hydrogens (tertiary/aromatic N) is 2. The number of aromatic nitrogens is 2. The van der Waals surface area contributed by atoms with Gasteiger partial charge in [0, 0.05) is 37.1 Å². The first-order chi connectivity index (χ1) is 12.3. The summed E-state index contributed by atoms with van der Waals surface area (Å²) in [4.78, 5) is 14.4. The van der Waals surface area contributed by atoms with Gasteiger partial charge in [0.15, 0.2) is 0 Å². The Bertz CT molecular complexity index is 911. The van der Waals surface area contributed by atoms with Crippen LogP contribution >= 0.6 is 12.4 Å². The molecule has 0 bridgehead atoms. The lowest BCUT2D eigenvalue weighted by Crippen LogP contribution is -2.46. The standard InChI is InChI=1S/C20H20N4O.ClH/c25-20(24-13-11-21-12-14-24)16-8-5-15(6-9-16)7-10-19-17-3-1-2-4-18(17)22-23-19;/h1-10,21H,11-14H2,(H,22,23);1H. The molecule has 0 saturated carbocycles. The predicted molar refractivity (Wildman–Crippen MR) is 107 cm³/mol. The molecule has 4 rings (SSSR count). The molecular weight excluding hydrogens is 348 g/mol. The second-order valence-electron chi connectivity index (χ2n) is 6.15. The van der Waals surface area contributed by atoms with Crippen molar-refractivity contribution in [1.29, 1.82) is 0 Å². The number of para-hydroxylation sites is 1. The lowest BCUT2D eigenvalue weighted by atomic mass is 10.1. The molecule has 26 heavy (non-hydrogen) atoms. The number of carbonyl (C=O) groups excluding carboxylic acids is 1. The van der Waals surface area contributed by atoms with Gasteiger partial charge in [-0.3, -0.25) is 9.89 Å². The van der Waals surface area contributed by atoms with E-state index < -0.39 is 0 Å². The van der Waals surface area contributed by atoms with Crippen molar-refractivity contribution in [3.05, 3.63) is 65.4 Å². The van der Waals surface area contributed by atoms with Crippen LogP contribution in [0.2, 0.25) is 0 Å². The zero-order valence-electron chi connectivity index (χ0n) is 14.3. The lowest BCUT2D eigenvalue weighted by molar-refractivity contribution is 0.0736. The highest BCUT2D eigenvalue weighted by Crippen LogP contribution is 2.18. The molecule has 134 valence electrons. The molecule has 1 aromatic heterocycles. The van der Waals surface area contributed by atoms with E-state index in [-0.39, 0.29) is 18.3 Å². The predicted octanol–water partition coefficient (Wildman–Crippen LogP) is 3.20. The first-order valence-corrected chi connectivity index (χ1v) is 8.52. The number of amides is 1. The number of nitrogens with one attached hydrogen (secondary N) is 2. The van der Waals surface area contributed by atoms with Crippen LogP contribution in [-0.4, -0.2) is 47.2 Å². The summed E-state index contributed by atoms with van der Waals surface area (Å²) in [7, 11) is 0. The van der Waals surface area contributed by atoms with Gasteiger partial charge in [-0.05, 0) is 29.8 Å². The van der Waals surface area contributed by atoms with Crippen molar-refractivity contribution in [2.45, 2.75) is 0 Å². The molecule has 0 radical (unpaired) electrons. The van der Waals surface area contributed by atoms with Crippen molar-refractivity contribution in [3.63, 3.8) is 0 Å². The van der Waals surface area contributed by atoms with Gasteiger partial charge in [-0.25, -0.2) is 0 Å². The van der Waals surface area contributed by atoms with E-state index in [1.165, 1.54) is 0 Å². The minimum absolute atomic E-state index is 0. The van der Waals surface area contributed by atoms with Crippen LogP contribution in [0.3, 0.4) is 0 Å². The minimum atomic E-state index is 0. The Morgan fingerprint density at radius 3 is 2.50 bits per heavy atom. The first kappa shape index (κ1) is 18.2. The number of piperazine rings is 1.